The molecule has 0 aliphatic rings. The summed E-state index contributed by atoms with van der Waals surface area (Å²) in [6.45, 7) is 5.13. The number of hydrogen-bond acceptors (Lipinski definition) is 4. The first-order valence-electron chi connectivity index (χ1n) is 12.8. The Bertz CT molecular complexity index is 1590. The van der Waals surface area contributed by atoms with Crippen LogP contribution in [0.2, 0.25) is 0 Å². The number of carboxylic acid groups (broad SMARTS) is 1. The van der Waals surface area contributed by atoms with E-state index in [9.17, 15) is 4.79 Å². The number of ether oxygens (including phenoxy) is 1. The number of carboxylic acids is 1. The fourth-order valence-electron chi connectivity index (χ4n) is 4.68. The minimum Gasteiger partial charge on any atom is -0.489 e. The summed E-state index contributed by atoms with van der Waals surface area (Å²) in [5, 5.41) is 15.3. The largest absolute Gasteiger partial charge is 0.489 e. The Morgan fingerprint density at radius 2 is 1.63 bits per heavy atom. The van der Waals surface area contributed by atoms with Gasteiger partial charge in [0.1, 0.15) is 18.1 Å². The van der Waals surface area contributed by atoms with E-state index in [1.54, 1.807) is 12.1 Å². The summed E-state index contributed by atoms with van der Waals surface area (Å²) in [7, 11) is 0. The number of benzene rings is 4. The Balaban J connectivity index is 1.45. The lowest BCUT2D eigenvalue weighted by Crippen LogP contribution is -2.04. The lowest BCUT2D eigenvalue weighted by atomic mass is 9.99. The molecule has 3 N–H and O–H groups in total. The number of hydrogen-bond donors (Lipinski definition) is 2. The predicted octanol–water partition coefficient (Wildman–Crippen LogP) is 6.62. The van der Waals surface area contributed by atoms with Gasteiger partial charge in [0, 0.05) is 29.1 Å². The maximum absolute atomic E-state index is 11.2. The summed E-state index contributed by atoms with van der Waals surface area (Å²) in [6, 6.07) is 30.5. The monoisotopic (exact) mass is 505 g/mol. The molecule has 4 aromatic carbocycles. The first-order chi connectivity index (χ1) is 18.4. The second-order valence-electron chi connectivity index (χ2n) is 9.69. The number of aromatic nitrogens is 2. The highest BCUT2D eigenvalue weighted by Crippen LogP contribution is 2.34. The smallest absolute Gasteiger partial charge is 0.307 e. The van der Waals surface area contributed by atoms with Crippen molar-refractivity contribution in [3.8, 4) is 28.1 Å². The van der Waals surface area contributed by atoms with Gasteiger partial charge in [-0.05, 0) is 60.4 Å². The highest BCUT2D eigenvalue weighted by atomic mass is 16.5. The molecule has 38 heavy (non-hydrogen) atoms. The molecule has 0 atom stereocenters. The Kier molecular flexibility index (Phi) is 7.24. The van der Waals surface area contributed by atoms with Crippen LogP contribution in [-0.2, 0) is 24.4 Å². The van der Waals surface area contributed by atoms with Crippen LogP contribution in [0.1, 0.15) is 36.6 Å². The molecule has 0 aliphatic carbocycles. The molecule has 0 spiro atoms. The van der Waals surface area contributed by atoms with E-state index < -0.39 is 5.97 Å². The highest BCUT2D eigenvalue weighted by molar-refractivity contribution is 5.96. The summed E-state index contributed by atoms with van der Waals surface area (Å²) >= 11 is 0. The number of aliphatic carboxylic acids is 1. The summed E-state index contributed by atoms with van der Waals surface area (Å²) in [5.41, 5.74) is 13.9. The Morgan fingerprint density at radius 3 is 2.37 bits per heavy atom. The van der Waals surface area contributed by atoms with E-state index in [0.29, 0.717) is 24.5 Å². The maximum Gasteiger partial charge on any atom is 0.307 e. The first kappa shape index (κ1) is 25.2. The van der Waals surface area contributed by atoms with Gasteiger partial charge in [-0.1, -0.05) is 66.7 Å². The van der Waals surface area contributed by atoms with E-state index >= 15 is 0 Å². The second kappa shape index (κ2) is 10.9. The van der Waals surface area contributed by atoms with Crippen LogP contribution in [0.4, 0.5) is 0 Å². The van der Waals surface area contributed by atoms with Crippen molar-refractivity contribution in [2.75, 3.05) is 0 Å². The summed E-state index contributed by atoms with van der Waals surface area (Å²) < 4.78 is 8.04. The van der Waals surface area contributed by atoms with Crippen molar-refractivity contribution in [1.29, 1.82) is 0 Å². The zero-order chi connectivity index (χ0) is 26.6. The molecule has 6 nitrogen and oxygen atoms in total. The number of para-hydroxylation sites is 1. The summed E-state index contributed by atoms with van der Waals surface area (Å²) in [4.78, 5) is 11.2. The highest BCUT2D eigenvalue weighted by Gasteiger charge is 2.16. The van der Waals surface area contributed by atoms with Gasteiger partial charge < -0.3 is 15.6 Å². The molecule has 0 bridgehead atoms. The molecule has 0 radical (unpaired) electrons. The van der Waals surface area contributed by atoms with Crippen LogP contribution in [0.3, 0.4) is 0 Å². The lowest BCUT2D eigenvalue weighted by Gasteiger charge is -2.10. The molecule has 1 aromatic heterocycles. The summed E-state index contributed by atoms with van der Waals surface area (Å²) in [6.07, 6.45) is -0.0702. The molecule has 0 aliphatic heterocycles. The first-order valence-corrected chi connectivity index (χ1v) is 12.8. The maximum atomic E-state index is 11.2. The van der Waals surface area contributed by atoms with Crippen molar-refractivity contribution in [1.82, 2.24) is 9.78 Å². The van der Waals surface area contributed by atoms with Gasteiger partial charge in [-0.15, -0.1) is 0 Å². The van der Waals surface area contributed by atoms with Gasteiger partial charge in [0.2, 0.25) is 0 Å². The van der Waals surface area contributed by atoms with Crippen LogP contribution in [0.25, 0.3) is 33.3 Å². The Morgan fingerprint density at radius 1 is 0.895 bits per heavy atom. The van der Waals surface area contributed by atoms with Gasteiger partial charge >= 0.3 is 5.97 Å². The zero-order valence-corrected chi connectivity index (χ0v) is 21.6. The number of nitrogens with zero attached hydrogens (tertiary/aromatic N) is 2. The molecule has 5 rings (SSSR count). The SMILES string of the molecule is CC(C)n1nc(-c2ccc(COc3ccccc3CC(=O)O)cc2)c2cc(-c3cccc(CN)c3)ccc21. The average molecular weight is 506 g/mol. The van der Waals surface area contributed by atoms with Crippen molar-refractivity contribution in [3.05, 3.63) is 108 Å². The Labute approximate surface area is 222 Å². The molecule has 0 unspecified atom stereocenters. The average Bonchev–Trinajstić information content (AvgIpc) is 3.32. The predicted molar refractivity (Wildman–Crippen MR) is 151 cm³/mol. The summed E-state index contributed by atoms with van der Waals surface area (Å²) in [5.74, 6) is -0.291. The molecule has 192 valence electrons. The normalized spacial score (nSPS) is 11.3. The van der Waals surface area contributed by atoms with E-state index in [-0.39, 0.29) is 12.5 Å². The fourth-order valence-corrected chi connectivity index (χ4v) is 4.68. The molecule has 1 heterocycles. The fraction of sp³-hybridized carbons (Fsp3) is 0.188. The molecule has 5 aromatic rings. The topological polar surface area (TPSA) is 90.4 Å². The minimum atomic E-state index is -0.881. The van der Waals surface area contributed by atoms with Crippen LogP contribution < -0.4 is 10.5 Å². The van der Waals surface area contributed by atoms with Crippen molar-refractivity contribution in [3.63, 3.8) is 0 Å². The molecule has 0 saturated carbocycles. The van der Waals surface area contributed by atoms with Gasteiger partial charge in [0.15, 0.2) is 0 Å². The van der Waals surface area contributed by atoms with Crippen LogP contribution in [0, 0.1) is 0 Å². The van der Waals surface area contributed by atoms with Crippen LogP contribution in [0.15, 0.2) is 91.0 Å². The van der Waals surface area contributed by atoms with E-state index in [4.69, 9.17) is 20.7 Å². The van der Waals surface area contributed by atoms with Gasteiger partial charge in [-0.2, -0.15) is 5.10 Å². The van der Waals surface area contributed by atoms with Crippen LogP contribution in [-0.4, -0.2) is 20.9 Å². The second-order valence-corrected chi connectivity index (χ2v) is 9.69. The van der Waals surface area contributed by atoms with E-state index in [0.717, 1.165) is 44.4 Å². The van der Waals surface area contributed by atoms with Gasteiger partial charge in [-0.25, -0.2) is 0 Å². The Hall–Kier alpha value is -4.42. The number of carbonyl (C=O) groups is 1. The molecule has 0 amide bonds. The number of fused-ring (bicyclic) bond motifs is 1. The third-order valence-corrected chi connectivity index (χ3v) is 6.63. The molecule has 6 heteroatoms. The van der Waals surface area contributed by atoms with E-state index in [1.807, 2.05) is 36.4 Å². The van der Waals surface area contributed by atoms with Crippen LogP contribution in [0.5, 0.6) is 5.75 Å². The van der Waals surface area contributed by atoms with Crippen molar-refractivity contribution in [2.24, 2.45) is 5.73 Å². The minimum absolute atomic E-state index is 0.0702. The number of rotatable bonds is 9. The van der Waals surface area contributed by atoms with E-state index in [1.165, 1.54) is 0 Å². The lowest BCUT2D eigenvalue weighted by molar-refractivity contribution is -0.136. The van der Waals surface area contributed by atoms with Crippen molar-refractivity contribution >= 4 is 16.9 Å². The van der Waals surface area contributed by atoms with Crippen molar-refractivity contribution in [2.45, 2.75) is 39.5 Å². The molecular weight excluding hydrogens is 474 g/mol. The standard InChI is InChI=1S/C32H31N3O3/c1-21(2)35-29-15-14-26(25-8-5-6-23(16-25)19-33)17-28(29)32(34-35)24-12-10-22(11-13-24)20-38-30-9-4-3-7-27(30)18-31(36)37/h3-17,21H,18-20,33H2,1-2H3,(H,36,37). The van der Waals surface area contributed by atoms with E-state index in [2.05, 4.69) is 61.0 Å². The molecule has 0 fully saturated rings. The number of nitrogens with two attached hydrogens (primary N) is 1. The van der Waals surface area contributed by atoms with Gasteiger partial charge in [0.05, 0.1) is 11.9 Å². The van der Waals surface area contributed by atoms with Gasteiger partial charge in [-0.3, -0.25) is 9.48 Å². The quantitative estimate of drug-likeness (QED) is 0.235. The molecule has 0 saturated heterocycles. The zero-order valence-electron chi connectivity index (χ0n) is 21.6. The molecular formula is C32H31N3O3. The van der Waals surface area contributed by atoms with Gasteiger partial charge in [0.25, 0.3) is 0 Å². The third kappa shape index (κ3) is 5.31. The van der Waals surface area contributed by atoms with Crippen molar-refractivity contribution < 1.29 is 14.6 Å². The third-order valence-electron chi connectivity index (χ3n) is 6.63. The van der Waals surface area contributed by atoms with Crippen LogP contribution >= 0.6 is 0 Å².